The van der Waals surface area contributed by atoms with Crippen LogP contribution < -0.4 is 20.7 Å². The van der Waals surface area contributed by atoms with E-state index in [4.69, 9.17) is 26.5 Å². The van der Waals surface area contributed by atoms with Crippen molar-refractivity contribution in [3.8, 4) is 5.75 Å². The lowest BCUT2D eigenvalue weighted by Crippen LogP contribution is -2.51. The molecule has 0 amide bonds. The zero-order chi connectivity index (χ0) is 30.0. The molecule has 0 bridgehead atoms. The smallest absolute Gasteiger partial charge is 0.229 e. The van der Waals surface area contributed by atoms with Crippen molar-refractivity contribution in [3.05, 3.63) is 46.4 Å². The molecular weight excluding hydrogens is 578 g/mol. The number of nitrogens with zero attached hydrogens (tertiary/aromatic N) is 3. The Morgan fingerprint density at radius 3 is 2.52 bits per heavy atom. The molecule has 3 fully saturated rings. The van der Waals surface area contributed by atoms with Gasteiger partial charge in [-0.25, -0.2) is 13.4 Å². The molecule has 0 unspecified atom stereocenters. The van der Waals surface area contributed by atoms with Gasteiger partial charge in [0.25, 0.3) is 0 Å². The quantitative estimate of drug-likeness (QED) is 0.209. The second-order valence-corrected chi connectivity index (χ2v) is 14.3. The molecule has 2 aliphatic heterocycles. The van der Waals surface area contributed by atoms with Crippen molar-refractivity contribution in [1.29, 1.82) is 5.41 Å². The van der Waals surface area contributed by atoms with Crippen LogP contribution in [0.2, 0.25) is 5.02 Å². The van der Waals surface area contributed by atoms with Gasteiger partial charge in [0.15, 0.2) is 20.7 Å². The van der Waals surface area contributed by atoms with Crippen molar-refractivity contribution in [3.63, 3.8) is 0 Å². The molecular formula is C29H40ClN7O4S. The molecule has 11 nitrogen and oxygen atoms in total. The van der Waals surface area contributed by atoms with Crippen molar-refractivity contribution in [1.82, 2.24) is 20.2 Å². The van der Waals surface area contributed by atoms with E-state index in [9.17, 15) is 8.42 Å². The van der Waals surface area contributed by atoms with Crippen LogP contribution in [0.4, 0.5) is 17.5 Å². The normalized spacial score (nSPS) is 19.0. The highest BCUT2D eigenvalue weighted by Gasteiger charge is 2.32. The van der Waals surface area contributed by atoms with E-state index in [-0.39, 0.29) is 28.6 Å². The minimum absolute atomic E-state index is 0.0200. The largest absolute Gasteiger partial charge is 0.488 e. The SMILES string of the molecule is CN/C=C(/Nc1nc(Nc2cc(C)c(C3CCN(C4COC4)CC3)cc2OC2CC2)ncc1Cl)C(=N)S(=O)(=O)C(C)C. The lowest BCUT2D eigenvalue weighted by molar-refractivity contribution is -0.0712. The lowest BCUT2D eigenvalue weighted by Gasteiger charge is -2.41. The Balaban J connectivity index is 1.37. The maximum Gasteiger partial charge on any atom is 0.229 e. The average Bonchev–Trinajstić information content (AvgIpc) is 3.75. The molecule has 5 rings (SSSR count). The number of piperidine rings is 1. The van der Waals surface area contributed by atoms with Gasteiger partial charge in [-0.15, -0.1) is 0 Å². The first-order valence-electron chi connectivity index (χ1n) is 14.5. The van der Waals surface area contributed by atoms with Crippen molar-refractivity contribution < 1.29 is 17.9 Å². The summed E-state index contributed by atoms with van der Waals surface area (Å²) in [5.74, 6) is 1.66. The Bertz CT molecular complexity index is 1450. The van der Waals surface area contributed by atoms with E-state index in [1.807, 2.05) is 0 Å². The second kappa shape index (κ2) is 12.7. The van der Waals surface area contributed by atoms with E-state index >= 15 is 0 Å². The minimum atomic E-state index is -3.84. The average molecular weight is 618 g/mol. The highest BCUT2D eigenvalue weighted by atomic mass is 35.5. The zero-order valence-electron chi connectivity index (χ0n) is 24.5. The van der Waals surface area contributed by atoms with Gasteiger partial charge in [-0.1, -0.05) is 11.6 Å². The van der Waals surface area contributed by atoms with Gasteiger partial charge in [0.1, 0.15) is 10.8 Å². The molecule has 2 aromatic rings. The summed E-state index contributed by atoms with van der Waals surface area (Å²) in [6.07, 6.45) is 7.29. The number of likely N-dealkylation sites (tertiary alicyclic amines) is 1. The van der Waals surface area contributed by atoms with Crippen LogP contribution in [0.3, 0.4) is 0 Å². The fourth-order valence-corrected chi connectivity index (χ4v) is 6.19. The maximum absolute atomic E-state index is 12.7. The van der Waals surface area contributed by atoms with E-state index < -0.39 is 20.1 Å². The van der Waals surface area contributed by atoms with Gasteiger partial charge in [-0.05, 0) is 88.7 Å². The second-order valence-electron chi connectivity index (χ2n) is 11.4. The molecule has 42 heavy (non-hydrogen) atoms. The van der Waals surface area contributed by atoms with Gasteiger partial charge < -0.3 is 25.4 Å². The predicted molar refractivity (Wildman–Crippen MR) is 166 cm³/mol. The van der Waals surface area contributed by atoms with Gasteiger partial charge in [0, 0.05) is 13.2 Å². The molecule has 228 valence electrons. The lowest BCUT2D eigenvalue weighted by atomic mass is 9.86. The molecule has 1 aliphatic carbocycles. The summed E-state index contributed by atoms with van der Waals surface area (Å²) in [7, 11) is -2.22. The van der Waals surface area contributed by atoms with Crippen molar-refractivity contribution in [2.24, 2.45) is 0 Å². The van der Waals surface area contributed by atoms with Crippen LogP contribution in [0.1, 0.15) is 56.6 Å². The predicted octanol–water partition coefficient (Wildman–Crippen LogP) is 4.57. The standard InChI is InChI=1S/C29H40ClN7O4S/c1-17(2)42(38,39)27(31)25(14-32-4)34-28-23(30)13-33-29(36-28)35-24-11-18(3)22(12-26(24)41-21-5-6-21)19-7-9-37(10-8-19)20-15-40-16-20/h11-14,17,19-21,31-32H,5-10,15-16H2,1-4H3,(H2,33,34,35,36)/b25-14+,31-27?. The molecule has 0 radical (unpaired) electrons. The molecule has 1 aromatic heterocycles. The highest BCUT2D eigenvalue weighted by Crippen LogP contribution is 2.40. The highest BCUT2D eigenvalue weighted by molar-refractivity contribution is 8.07. The fourth-order valence-electron chi connectivity index (χ4n) is 5.17. The number of hydrogen-bond acceptors (Lipinski definition) is 11. The van der Waals surface area contributed by atoms with Crippen LogP contribution in [0.5, 0.6) is 5.75 Å². The Morgan fingerprint density at radius 2 is 1.93 bits per heavy atom. The molecule has 1 aromatic carbocycles. The molecule has 1 saturated carbocycles. The van der Waals surface area contributed by atoms with Crippen LogP contribution in [-0.2, 0) is 14.6 Å². The number of aryl methyl sites for hydroxylation is 1. The molecule has 0 atom stereocenters. The van der Waals surface area contributed by atoms with Crippen LogP contribution in [0.25, 0.3) is 0 Å². The Labute approximate surface area is 252 Å². The van der Waals surface area contributed by atoms with Crippen LogP contribution >= 0.6 is 11.6 Å². The van der Waals surface area contributed by atoms with Crippen molar-refractivity contribution >= 4 is 43.9 Å². The monoisotopic (exact) mass is 617 g/mol. The molecule has 2 saturated heterocycles. The minimum Gasteiger partial charge on any atom is -0.488 e. The first-order valence-corrected chi connectivity index (χ1v) is 16.4. The number of hydrogen-bond donors (Lipinski definition) is 4. The summed E-state index contributed by atoms with van der Waals surface area (Å²) in [5.41, 5.74) is 3.25. The van der Waals surface area contributed by atoms with Gasteiger partial charge in [-0.3, -0.25) is 10.3 Å². The number of rotatable bonds is 11. The summed E-state index contributed by atoms with van der Waals surface area (Å²) >= 11 is 6.39. The molecule has 3 aliphatic rings. The number of anilines is 3. The topological polar surface area (TPSA) is 142 Å². The summed E-state index contributed by atoms with van der Waals surface area (Å²) in [5, 5.41) is 16.2. The van der Waals surface area contributed by atoms with Crippen LogP contribution in [-0.4, -0.2) is 79.1 Å². The summed E-state index contributed by atoms with van der Waals surface area (Å²) < 4.78 is 37.1. The number of nitrogens with one attached hydrogen (secondary N) is 4. The van der Waals surface area contributed by atoms with Gasteiger partial charge in [0.2, 0.25) is 5.95 Å². The van der Waals surface area contributed by atoms with Crippen LogP contribution in [0.15, 0.2) is 30.2 Å². The van der Waals surface area contributed by atoms with Gasteiger partial charge in [0.05, 0.1) is 48.2 Å². The van der Waals surface area contributed by atoms with E-state index in [0.29, 0.717) is 12.0 Å². The number of benzene rings is 1. The number of sulfone groups is 1. The van der Waals surface area contributed by atoms with E-state index in [1.54, 1.807) is 7.05 Å². The van der Waals surface area contributed by atoms with Crippen LogP contribution in [0, 0.1) is 12.3 Å². The molecule has 3 heterocycles. The van der Waals surface area contributed by atoms with Crippen molar-refractivity contribution in [2.75, 3.05) is 44.0 Å². The summed E-state index contributed by atoms with van der Waals surface area (Å²) in [6, 6.07) is 4.83. The summed E-state index contributed by atoms with van der Waals surface area (Å²) in [4.78, 5) is 11.4. The fraction of sp³-hybridized carbons (Fsp3) is 0.552. The van der Waals surface area contributed by atoms with E-state index in [2.05, 4.69) is 49.9 Å². The third-order valence-electron chi connectivity index (χ3n) is 7.97. The number of halogens is 1. The van der Waals surface area contributed by atoms with E-state index in [0.717, 1.165) is 63.4 Å². The van der Waals surface area contributed by atoms with Crippen molar-refractivity contribution in [2.45, 2.75) is 69.8 Å². The zero-order valence-corrected chi connectivity index (χ0v) is 26.1. The van der Waals surface area contributed by atoms with E-state index in [1.165, 1.54) is 37.4 Å². The number of ether oxygens (including phenoxy) is 2. The first-order chi connectivity index (χ1) is 20.1. The maximum atomic E-state index is 12.7. The third-order valence-corrected chi connectivity index (χ3v) is 10.3. The molecule has 13 heteroatoms. The molecule has 4 N–H and O–H groups in total. The van der Waals surface area contributed by atoms with Gasteiger partial charge >= 0.3 is 0 Å². The Morgan fingerprint density at radius 1 is 1.21 bits per heavy atom. The summed E-state index contributed by atoms with van der Waals surface area (Å²) in [6.45, 7) is 9.03. The Kier molecular flexibility index (Phi) is 9.26. The molecule has 0 spiro atoms. The van der Waals surface area contributed by atoms with Gasteiger partial charge in [-0.2, -0.15) is 4.98 Å². The Hall–Kier alpha value is -2.93. The third kappa shape index (κ3) is 6.82. The number of aromatic nitrogens is 2. The first kappa shape index (κ1) is 30.5.